The molecule has 0 radical (unpaired) electrons. The van der Waals surface area contributed by atoms with Crippen LogP contribution in [-0.4, -0.2) is 19.9 Å². The lowest BCUT2D eigenvalue weighted by Gasteiger charge is -2.06. The third-order valence-corrected chi connectivity index (χ3v) is 1.95. The first-order valence-corrected chi connectivity index (χ1v) is 4.61. The molecule has 0 bridgehead atoms. The van der Waals surface area contributed by atoms with E-state index in [4.69, 9.17) is 0 Å². The summed E-state index contributed by atoms with van der Waals surface area (Å²) in [6, 6.07) is 3.08. The lowest BCUT2D eigenvalue weighted by molar-refractivity contribution is -0.141. The molecule has 2 N–H and O–H groups in total. The van der Waals surface area contributed by atoms with Crippen molar-refractivity contribution in [1.29, 1.82) is 0 Å². The average Bonchev–Trinajstić information content (AvgIpc) is 2.27. The van der Waals surface area contributed by atoms with Crippen LogP contribution in [0.15, 0.2) is 27.8 Å². The molecule has 2 heterocycles. The van der Waals surface area contributed by atoms with Gasteiger partial charge in [0.2, 0.25) is 0 Å². The number of aromatic amines is 2. The number of alkyl halides is 3. The molecule has 0 saturated heterocycles. The van der Waals surface area contributed by atoms with Gasteiger partial charge in [0, 0.05) is 0 Å². The Bertz CT molecular complexity index is 661. The van der Waals surface area contributed by atoms with Gasteiger partial charge in [-0.25, -0.2) is 14.6 Å². The highest BCUT2D eigenvalue weighted by Crippen LogP contribution is 2.28. The van der Waals surface area contributed by atoms with E-state index in [-0.39, 0.29) is 11.5 Å². The minimum atomic E-state index is -4.61. The predicted molar refractivity (Wildman–Crippen MR) is 53.7 cm³/mol. The van der Waals surface area contributed by atoms with Crippen molar-refractivity contribution >= 4 is 0 Å². The standard InChI is InChI=1S/C9H5F3N4O2/c10-9(11,12)5-3-1-2-4(13-5)6-14-7(17)16-8(18)15-6/h1-3H,(H2,14,15,16,17,18). The molecule has 94 valence electrons. The second kappa shape index (κ2) is 4.09. The molecule has 0 amide bonds. The molecular formula is C9H5F3N4O2. The Labute approximate surface area is 96.6 Å². The summed E-state index contributed by atoms with van der Waals surface area (Å²) in [6.45, 7) is 0. The number of pyridine rings is 1. The van der Waals surface area contributed by atoms with Crippen molar-refractivity contribution in [2.24, 2.45) is 0 Å². The number of H-pyrrole nitrogens is 2. The van der Waals surface area contributed by atoms with Gasteiger partial charge in [0.05, 0.1) is 0 Å². The predicted octanol–water partition coefficient (Wildman–Crippen LogP) is 0.539. The topological polar surface area (TPSA) is 91.5 Å². The van der Waals surface area contributed by atoms with Gasteiger partial charge in [0.15, 0.2) is 5.82 Å². The van der Waals surface area contributed by atoms with Crippen LogP contribution in [0.5, 0.6) is 0 Å². The van der Waals surface area contributed by atoms with Crippen molar-refractivity contribution in [1.82, 2.24) is 19.9 Å². The Balaban J connectivity index is 2.58. The Morgan fingerprint density at radius 2 is 1.78 bits per heavy atom. The molecule has 0 saturated carbocycles. The zero-order valence-electron chi connectivity index (χ0n) is 8.58. The molecule has 0 aliphatic rings. The first kappa shape index (κ1) is 12.0. The molecule has 0 aliphatic carbocycles. The number of nitrogens with zero attached hydrogens (tertiary/aromatic N) is 2. The minimum absolute atomic E-state index is 0.243. The highest BCUT2D eigenvalue weighted by molar-refractivity contribution is 5.48. The van der Waals surface area contributed by atoms with Crippen molar-refractivity contribution in [3.8, 4) is 11.5 Å². The minimum Gasteiger partial charge on any atom is -0.290 e. The van der Waals surface area contributed by atoms with Gasteiger partial charge in [-0.3, -0.25) is 9.97 Å². The molecule has 0 spiro atoms. The number of hydrogen-bond donors (Lipinski definition) is 2. The monoisotopic (exact) mass is 258 g/mol. The van der Waals surface area contributed by atoms with Crippen LogP contribution < -0.4 is 11.4 Å². The summed E-state index contributed by atoms with van der Waals surface area (Å²) in [5, 5.41) is 0. The van der Waals surface area contributed by atoms with Gasteiger partial charge in [0.1, 0.15) is 11.4 Å². The molecule has 9 heteroatoms. The van der Waals surface area contributed by atoms with E-state index in [0.717, 1.165) is 12.1 Å². The van der Waals surface area contributed by atoms with Gasteiger partial charge >= 0.3 is 17.6 Å². The second-order valence-corrected chi connectivity index (χ2v) is 3.25. The normalized spacial score (nSPS) is 11.5. The fourth-order valence-electron chi connectivity index (χ4n) is 1.24. The molecular weight excluding hydrogens is 253 g/mol. The van der Waals surface area contributed by atoms with Gasteiger partial charge in [-0.1, -0.05) is 6.07 Å². The molecule has 2 aromatic rings. The lowest BCUT2D eigenvalue weighted by atomic mass is 10.3. The largest absolute Gasteiger partial charge is 0.433 e. The van der Waals surface area contributed by atoms with E-state index in [1.54, 1.807) is 4.98 Å². The SMILES string of the molecule is O=c1nc(-c2cccc(C(F)(F)F)n2)[nH]c(=O)[nH]1. The van der Waals surface area contributed by atoms with Crippen LogP contribution in [0, 0.1) is 0 Å². The van der Waals surface area contributed by atoms with E-state index in [9.17, 15) is 22.8 Å². The molecule has 6 nitrogen and oxygen atoms in total. The number of rotatable bonds is 1. The molecule has 2 aromatic heterocycles. The van der Waals surface area contributed by atoms with Crippen LogP contribution in [-0.2, 0) is 6.18 Å². The van der Waals surface area contributed by atoms with Crippen LogP contribution in [0.25, 0.3) is 11.5 Å². The Kier molecular flexibility index (Phi) is 2.73. The van der Waals surface area contributed by atoms with Crippen molar-refractivity contribution < 1.29 is 13.2 Å². The second-order valence-electron chi connectivity index (χ2n) is 3.25. The number of nitrogens with one attached hydrogen (secondary N) is 2. The van der Waals surface area contributed by atoms with E-state index in [0.29, 0.717) is 0 Å². The summed E-state index contributed by atoms with van der Waals surface area (Å²) in [5.41, 5.74) is -3.21. The molecule has 0 atom stereocenters. The zero-order valence-corrected chi connectivity index (χ0v) is 8.58. The van der Waals surface area contributed by atoms with Gasteiger partial charge in [-0.2, -0.15) is 18.2 Å². The highest BCUT2D eigenvalue weighted by atomic mass is 19.4. The van der Waals surface area contributed by atoms with E-state index >= 15 is 0 Å². The summed E-state index contributed by atoms with van der Waals surface area (Å²) in [7, 11) is 0. The van der Waals surface area contributed by atoms with E-state index in [2.05, 4.69) is 15.0 Å². The molecule has 0 aromatic carbocycles. The Hall–Kier alpha value is -2.45. The van der Waals surface area contributed by atoms with E-state index in [1.807, 2.05) is 0 Å². The van der Waals surface area contributed by atoms with E-state index < -0.39 is 23.2 Å². The maximum Gasteiger partial charge on any atom is 0.433 e. The first-order chi connectivity index (χ1) is 8.36. The van der Waals surface area contributed by atoms with Crippen molar-refractivity contribution in [3.05, 3.63) is 44.9 Å². The van der Waals surface area contributed by atoms with Crippen molar-refractivity contribution in [2.75, 3.05) is 0 Å². The van der Waals surface area contributed by atoms with Gasteiger partial charge in [-0.15, -0.1) is 0 Å². The van der Waals surface area contributed by atoms with Gasteiger partial charge in [0.25, 0.3) is 0 Å². The molecule has 0 fully saturated rings. The molecule has 18 heavy (non-hydrogen) atoms. The quantitative estimate of drug-likeness (QED) is 0.780. The first-order valence-electron chi connectivity index (χ1n) is 4.61. The summed E-state index contributed by atoms with van der Waals surface area (Å²) in [6.07, 6.45) is -4.61. The summed E-state index contributed by atoms with van der Waals surface area (Å²) < 4.78 is 37.3. The average molecular weight is 258 g/mol. The van der Waals surface area contributed by atoms with Crippen LogP contribution in [0.1, 0.15) is 5.69 Å². The van der Waals surface area contributed by atoms with Crippen LogP contribution in [0.3, 0.4) is 0 Å². The Morgan fingerprint density at radius 1 is 1.06 bits per heavy atom. The highest BCUT2D eigenvalue weighted by Gasteiger charge is 2.32. The smallest absolute Gasteiger partial charge is 0.290 e. The van der Waals surface area contributed by atoms with Crippen LogP contribution in [0.2, 0.25) is 0 Å². The zero-order chi connectivity index (χ0) is 13.3. The number of halogens is 3. The Morgan fingerprint density at radius 3 is 2.39 bits per heavy atom. The van der Waals surface area contributed by atoms with Gasteiger partial charge in [-0.05, 0) is 12.1 Å². The van der Waals surface area contributed by atoms with Crippen LogP contribution >= 0.6 is 0 Å². The number of aromatic nitrogens is 4. The third kappa shape index (κ3) is 2.44. The fourth-order valence-corrected chi connectivity index (χ4v) is 1.24. The fraction of sp³-hybridized carbons (Fsp3) is 0.111. The molecule has 0 aliphatic heterocycles. The summed E-state index contributed by atoms with van der Waals surface area (Å²) in [4.78, 5) is 32.4. The van der Waals surface area contributed by atoms with Crippen LogP contribution in [0.4, 0.5) is 13.2 Å². The molecule has 0 unspecified atom stereocenters. The third-order valence-electron chi connectivity index (χ3n) is 1.95. The van der Waals surface area contributed by atoms with E-state index in [1.165, 1.54) is 6.07 Å². The van der Waals surface area contributed by atoms with Crippen molar-refractivity contribution in [2.45, 2.75) is 6.18 Å². The summed E-state index contributed by atoms with van der Waals surface area (Å²) >= 11 is 0. The maximum absolute atomic E-state index is 12.4. The maximum atomic E-state index is 12.4. The van der Waals surface area contributed by atoms with Gasteiger partial charge < -0.3 is 0 Å². The summed E-state index contributed by atoms with van der Waals surface area (Å²) in [5.74, 6) is -0.324. The lowest BCUT2D eigenvalue weighted by Crippen LogP contribution is -2.25. The molecule has 2 rings (SSSR count). The number of hydrogen-bond acceptors (Lipinski definition) is 4. The van der Waals surface area contributed by atoms with Crippen molar-refractivity contribution in [3.63, 3.8) is 0 Å².